The van der Waals surface area contributed by atoms with E-state index in [1.54, 1.807) is 0 Å². The molecule has 0 aliphatic rings. The molecular weight excluding hydrogens is 643 g/mol. The van der Waals surface area contributed by atoms with Crippen molar-refractivity contribution in [3.63, 3.8) is 0 Å². The van der Waals surface area contributed by atoms with Gasteiger partial charge in [0.25, 0.3) is 0 Å². The minimum Gasteiger partial charge on any atom is -0.456 e. The molecule has 238 valence electrons. The number of para-hydroxylation sites is 2. The van der Waals surface area contributed by atoms with Gasteiger partial charge in [-0.3, -0.25) is 0 Å². The quantitative estimate of drug-likeness (QED) is 0.187. The van der Waals surface area contributed by atoms with Crippen LogP contribution < -0.4 is 0 Å². The van der Waals surface area contributed by atoms with Gasteiger partial charge in [-0.05, 0) is 54.6 Å². The van der Waals surface area contributed by atoms with E-state index in [0.717, 1.165) is 55.7 Å². The lowest BCUT2D eigenvalue weighted by atomic mass is 10.0. The van der Waals surface area contributed by atoms with E-state index in [1.807, 2.05) is 47.7 Å². The van der Waals surface area contributed by atoms with Crippen molar-refractivity contribution in [2.75, 3.05) is 0 Å². The fourth-order valence-electron chi connectivity index (χ4n) is 7.63. The molecule has 4 nitrogen and oxygen atoms in total. The van der Waals surface area contributed by atoms with Crippen LogP contribution in [0.2, 0.25) is 0 Å². The summed E-state index contributed by atoms with van der Waals surface area (Å²) < 4.78 is 11.2. The molecule has 0 N–H and O–H groups in total. The molecule has 7 aromatic carbocycles. The van der Waals surface area contributed by atoms with E-state index in [-0.39, 0.29) is 0 Å². The summed E-state index contributed by atoms with van der Waals surface area (Å²) in [5, 5.41) is 7.30. The summed E-state index contributed by atoms with van der Waals surface area (Å²) in [7, 11) is 0. The molecule has 0 saturated heterocycles. The summed E-state index contributed by atoms with van der Waals surface area (Å²) in [5.41, 5.74) is 10.1. The Hall–Kier alpha value is -6.56. The van der Waals surface area contributed by atoms with E-state index >= 15 is 0 Å². The summed E-state index contributed by atoms with van der Waals surface area (Å²) in [6, 6.07) is 57.7. The zero-order chi connectivity index (χ0) is 33.5. The minimum absolute atomic E-state index is 0.693. The summed E-state index contributed by atoms with van der Waals surface area (Å²) >= 11 is 1.87. The van der Waals surface area contributed by atoms with Gasteiger partial charge in [-0.25, -0.2) is 9.97 Å². The number of thiophene rings is 1. The van der Waals surface area contributed by atoms with Crippen molar-refractivity contribution in [2.24, 2.45) is 0 Å². The number of rotatable bonds is 4. The predicted octanol–water partition coefficient (Wildman–Crippen LogP) is 12.8. The largest absolute Gasteiger partial charge is 0.456 e. The van der Waals surface area contributed by atoms with E-state index in [9.17, 15) is 0 Å². The number of nitrogens with zero attached hydrogens (tertiary/aromatic N) is 3. The normalized spacial score (nSPS) is 11.9. The maximum absolute atomic E-state index is 6.13. The standard InChI is InChI=1S/C46H27N3OS/c1-2-10-29(11-3-1)46-47-38(27-39(48-46)30-20-25-42-37(26-30)33-13-5-8-16-41(33)50-42)28-18-21-31(22-19-28)49-40-15-7-4-12-32(40)35-23-24-36-34-14-6-9-17-43(34)51-45(36)44(35)49/h1-27H. The molecule has 0 unspecified atom stereocenters. The third kappa shape index (κ3) is 4.38. The molecule has 4 heterocycles. The first-order valence-electron chi connectivity index (χ1n) is 17.1. The van der Waals surface area contributed by atoms with Crippen molar-refractivity contribution in [2.45, 2.75) is 0 Å². The van der Waals surface area contributed by atoms with Crippen LogP contribution in [0.15, 0.2) is 168 Å². The Morgan fingerprint density at radius 2 is 1.12 bits per heavy atom. The Balaban J connectivity index is 1.09. The molecule has 0 aliphatic heterocycles. The van der Waals surface area contributed by atoms with Gasteiger partial charge in [0.15, 0.2) is 5.82 Å². The zero-order valence-electron chi connectivity index (χ0n) is 27.2. The van der Waals surface area contributed by atoms with Crippen LogP contribution in [0.1, 0.15) is 0 Å². The number of furan rings is 1. The predicted molar refractivity (Wildman–Crippen MR) is 213 cm³/mol. The maximum atomic E-state index is 6.13. The topological polar surface area (TPSA) is 43.9 Å². The lowest BCUT2D eigenvalue weighted by Crippen LogP contribution is -1.97. The van der Waals surface area contributed by atoms with Crippen molar-refractivity contribution < 1.29 is 4.42 Å². The smallest absolute Gasteiger partial charge is 0.160 e. The third-order valence-electron chi connectivity index (χ3n) is 10.0. The van der Waals surface area contributed by atoms with Gasteiger partial charge in [0, 0.05) is 59.4 Å². The number of fused-ring (bicyclic) bond motifs is 10. The first-order chi connectivity index (χ1) is 25.3. The van der Waals surface area contributed by atoms with Crippen molar-refractivity contribution in [1.82, 2.24) is 14.5 Å². The van der Waals surface area contributed by atoms with Gasteiger partial charge in [0.1, 0.15) is 11.2 Å². The van der Waals surface area contributed by atoms with Gasteiger partial charge in [-0.15, -0.1) is 11.3 Å². The number of aromatic nitrogens is 3. The van der Waals surface area contributed by atoms with Crippen LogP contribution in [0.4, 0.5) is 0 Å². The molecule has 0 atom stereocenters. The molecule has 0 fully saturated rings. The van der Waals surface area contributed by atoms with Crippen molar-refractivity contribution in [1.29, 1.82) is 0 Å². The number of hydrogen-bond acceptors (Lipinski definition) is 4. The third-order valence-corrected chi connectivity index (χ3v) is 11.2. The molecule has 0 bridgehead atoms. The van der Waals surface area contributed by atoms with Gasteiger partial charge in [0.2, 0.25) is 0 Å². The Morgan fingerprint density at radius 1 is 0.451 bits per heavy atom. The van der Waals surface area contributed by atoms with Crippen molar-refractivity contribution in [3.8, 4) is 39.6 Å². The van der Waals surface area contributed by atoms with E-state index in [0.29, 0.717) is 5.82 Å². The van der Waals surface area contributed by atoms with Gasteiger partial charge in [-0.2, -0.15) is 0 Å². The Morgan fingerprint density at radius 3 is 1.98 bits per heavy atom. The molecule has 4 aromatic heterocycles. The van der Waals surface area contributed by atoms with E-state index in [2.05, 4.69) is 132 Å². The van der Waals surface area contributed by atoms with Crippen LogP contribution in [-0.4, -0.2) is 14.5 Å². The van der Waals surface area contributed by atoms with Gasteiger partial charge in [-0.1, -0.05) is 109 Å². The summed E-state index contributed by atoms with van der Waals surface area (Å²) in [5.74, 6) is 0.693. The average Bonchev–Trinajstić information content (AvgIpc) is 3.87. The van der Waals surface area contributed by atoms with Gasteiger partial charge >= 0.3 is 0 Å². The van der Waals surface area contributed by atoms with Crippen LogP contribution in [0, 0.1) is 0 Å². The molecule has 0 radical (unpaired) electrons. The fraction of sp³-hybridized carbons (Fsp3) is 0. The van der Waals surface area contributed by atoms with E-state index in [4.69, 9.17) is 14.4 Å². The lowest BCUT2D eigenvalue weighted by Gasteiger charge is -2.12. The van der Waals surface area contributed by atoms with Gasteiger partial charge < -0.3 is 8.98 Å². The molecule has 5 heteroatoms. The fourth-order valence-corrected chi connectivity index (χ4v) is 8.87. The van der Waals surface area contributed by atoms with Crippen LogP contribution in [-0.2, 0) is 0 Å². The Labute approximate surface area is 296 Å². The number of benzene rings is 7. The highest BCUT2D eigenvalue weighted by Crippen LogP contribution is 2.43. The minimum atomic E-state index is 0.693. The molecule has 0 amide bonds. The Kier molecular flexibility index (Phi) is 6.09. The van der Waals surface area contributed by atoms with Crippen LogP contribution in [0.25, 0.3) is 104 Å². The average molecular weight is 670 g/mol. The van der Waals surface area contributed by atoms with Crippen LogP contribution >= 0.6 is 11.3 Å². The molecule has 51 heavy (non-hydrogen) atoms. The SMILES string of the molecule is c1ccc(-c2nc(-c3ccc(-n4c5ccccc5c5ccc6c7ccccc7sc6c54)cc3)cc(-c3ccc4oc5ccccc5c4c3)n2)cc1. The highest BCUT2D eigenvalue weighted by Gasteiger charge is 2.18. The molecule has 0 saturated carbocycles. The van der Waals surface area contributed by atoms with Crippen molar-refractivity contribution in [3.05, 3.63) is 164 Å². The summed E-state index contributed by atoms with van der Waals surface area (Å²) in [6.07, 6.45) is 0. The van der Waals surface area contributed by atoms with Crippen LogP contribution in [0.3, 0.4) is 0 Å². The summed E-state index contributed by atoms with van der Waals surface area (Å²) in [6.45, 7) is 0. The highest BCUT2D eigenvalue weighted by molar-refractivity contribution is 7.26. The van der Waals surface area contributed by atoms with E-state index in [1.165, 1.54) is 42.0 Å². The molecule has 11 rings (SSSR count). The number of hydrogen-bond donors (Lipinski definition) is 0. The van der Waals surface area contributed by atoms with Crippen LogP contribution in [0.5, 0.6) is 0 Å². The first-order valence-corrected chi connectivity index (χ1v) is 17.9. The second kappa shape index (κ2) is 11.0. The highest BCUT2D eigenvalue weighted by atomic mass is 32.1. The first kappa shape index (κ1) is 28.3. The lowest BCUT2D eigenvalue weighted by molar-refractivity contribution is 0.669. The zero-order valence-corrected chi connectivity index (χ0v) is 28.1. The maximum Gasteiger partial charge on any atom is 0.160 e. The molecule has 0 spiro atoms. The Bertz CT molecular complexity index is 3130. The molecular formula is C46H27N3OS. The second-order valence-electron chi connectivity index (χ2n) is 13.0. The summed E-state index contributed by atoms with van der Waals surface area (Å²) in [4.78, 5) is 10.2. The monoisotopic (exact) mass is 669 g/mol. The second-order valence-corrected chi connectivity index (χ2v) is 14.0. The molecule has 11 aromatic rings. The van der Waals surface area contributed by atoms with E-state index < -0.39 is 0 Å². The molecule has 0 aliphatic carbocycles. The van der Waals surface area contributed by atoms with Gasteiger partial charge in [0.05, 0.1) is 27.1 Å². The van der Waals surface area contributed by atoms with Crippen molar-refractivity contribution >= 4 is 75.3 Å².